The molecule has 28 heavy (non-hydrogen) atoms. The summed E-state index contributed by atoms with van der Waals surface area (Å²) in [5.41, 5.74) is 5.14. The lowest BCUT2D eigenvalue weighted by Gasteiger charge is -2.15. The molecule has 148 valence electrons. The van der Waals surface area contributed by atoms with Gasteiger partial charge in [0.2, 0.25) is 0 Å². The Balaban J connectivity index is 1.89. The van der Waals surface area contributed by atoms with E-state index in [0.717, 1.165) is 18.8 Å². The molecule has 0 radical (unpaired) electrons. The molecule has 0 saturated heterocycles. The monoisotopic (exact) mass is 375 g/mol. The fourth-order valence-corrected chi connectivity index (χ4v) is 2.79. The molecule has 2 nitrogen and oxygen atoms in total. The van der Waals surface area contributed by atoms with Crippen LogP contribution in [0.15, 0.2) is 54.6 Å². The van der Waals surface area contributed by atoms with Crippen molar-refractivity contribution < 1.29 is 4.74 Å². The van der Waals surface area contributed by atoms with Gasteiger partial charge in [0.05, 0.1) is 0 Å². The van der Waals surface area contributed by atoms with Gasteiger partial charge in [-0.05, 0) is 82.1 Å². The Bertz CT molecular complexity index is 862. The van der Waals surface area contributed by atoms with Crippen LogP contribution in [0.2, 0.25) is 0 Å². The van der Waals surface area contributed by atoms with Crippen LogP contribution in [0.4, 0.5) is 0 Å². The van der Waals surface area contributed by atoms with Crippen LogP contribution >= 0.6 is 0 Å². The van der Waals surface area contributed by atoms with Crippen LogP contribution in [0.1, 0.15) is 43.0 Å². The molecule has 2 rings (SSSR count). The molecule has 0 aliphatic rings. The first kappa shape index (κ1) is 21.8. The Morgan fingerprint density at radius 3 is 2.57 bits per heavy atom. The van der Waals surface area contributed by atoms with Crippen LogP contribution in [0.25, 0.3) is 0 Å². The summed E-state index contributed by atoms with van der Waals surface area (Å²) in [6.07, 6.45) is 4.06. The van der Waals surface area contributed by atoms with E-state index >= 15 is 0 Å². The number of aryl methyl sites for hydroxylation is 1. The number of rotatable bonds is 7. The third kappa shape index (κ3) is 7.62. The van der Waals surface area contributed by atoms with Gasteiger partial charge >= 0.3 is 0 Å². The Morgan fingerprint density at radius 1 is 1.07 bits per heavy atom. The summed E-state index contributed by atoms with van der Waals surface area (Å²) in [6, 6.07) is 14.7. The number of allylic oxidation sites excluding steroid dienone is 1. The summed E-state index contributed by atoms with van der Waals surface area (Å²) in [6.45, 7) is 13.0. The van der Waals surface area contributed by atoms with E-state index in [2.05, 4.69) is 101 Å². The number of benzene rings is 2. The lowest BCUT2D eigenvalue weighted by Crippen LogP contribution is -2.17. The highest BCUT2D eigenvalue weighted by Gasteiger charge is 2.04. The Hall–Kier alpha value is -2.50. The summed E-state index contributed by atoms with van der Waals surface area (Å²) in [5, 5.41) is 0. The van der Waals surface area contributed by atoms with Crippen molar-refractivity contribution in [3.63, 3.8) is 0 Å². The van der Waals surface area contributed by atoms with E-state index in [9.17, 15) is 0 Å². The van der Waals surface area contributed by atoms with Crippen LogP contribution in [-0.2, 0) is 13.2 Å². The summed E-state index contributed by atoms with van der Waals surface area (Å²) in [4.78, 5) is 2.26. The van der Waals surface area contributed by atoms with Gasteiger partial charge in [0.25, 0.3) is 0 Å². The fourth-order valence-electron chi connectivity index (χ4n) is 2.79. The molecule has 0 aliphatic heterocycles. The second-order valence-corrected chi connectivity index (χ2v) is 8.41. The standard InChI is InChI=1S/C26H33NO/c1-21-12-10-14-24(22(21)2)20-28-25-15-11-13-23(18-25)19-27(6)17-9-7-8-16-26(3,4)5/h7,9-15,18H,17,19-20H2,1-6H3/b9-7+. The average Bonchev–Trinajstić information content (AvgIpc) is 2.62. The molecule has 0 aromatic heterocycles. The summed E-state index contributed by atoms with van der Waals surface area (Å²) < 4.78 is 6.04. The highest BCUT2D eigenvalue weighted by molar-refractivity contribution is 5.34. The van der Waals surface area contributed by atoms with Gasteiger partial charge in [-0.15, -0.1) is 0 Å². The highest BCUT2D eigenvalue weighted by Crippen LogP contribution is 2.19. The maximum absolute atomic E-state index is 6.04. The first-order valence-electron chi connectivity index (χ1n) is 9.88. The minimum atomic E-state index is 0.0493. The van der Waals surface area contributed by atoms with Crippen LogP contribution < -0.4 is 4.74 Å². The molecule has 0 amide bonds. The lowest BCUT2D eigenvalue weighted by molar-refractivity contribution is 0.303. The van der Waals surface area contributed by atoms with Gasteiger partial charge in [-0.25, -0.2) is 0 Å². The van der Waals surface area contributed by atoms with Gasteiger partial charge < -0.3 is 4.74 Å². The zero-order chi connectivity index (χ0) is 20.6. The van der Waals surface area contributed by atoms with E-state index in [1.807, 2.05) is 12.1 Å². The zero-order valence-corrected chi connectivity index (χ0v) is 18.2. The Labute approximate surface area is 171 Å². The molecule has 2 aromatic rings. The molecular formula is C26H33NO. The molecule has 0 aliphatic carbocycles. The number of hydrogen-bond donors (Lipinski definition) is 0. The number of ether oxygens (including phenoxy) is 1. The van der Waals surface area contributed by atoms with Crippen LogP contribution in [0, 0.1) is 31.1 Å². The molecule has 0 heterocycles. The van der Waals surface area contributed by atoms with Crippen molar-refractivity contribution in [2.45, 2.75) is 47.8 Å². The van der Waals surface area contributed by atoms with E-state index in [4.69, 9.17) is 4.74 Å². The second-order valence-electron chi connectivity index (χ2n) is 8.41. The molecule has 0 fully saturated rings. The van der Waals surface area contributed by atoms with Gasteiger partial charge in [-0.2, -0.15) is 0 Å². The van der Waals surface area contributed by atoms with Gasteiger partial charge in [-0.1, -0.05) is 48.2 Å². The van der Waals surface area contributed by atoms with Gasteiger partial charge in [-0.3, -0.25) is 4.90 Å². The van der Waals surface area contributed by atoms with Gasteiger partial charge in [0.1, 0.15) is 12.4 Å². The largest absolute Gasteiger partial charge is 0.489 e. The lowest BCUT2D eigenvalue weighted by atomic mass is 9.98. The first-order valence-corrected chi connectivity index (χ1v) is 9.88. The van der Waals surface area contributed by atoms with E-state index in [0.29, 0.717) is 6.61 Å². The number of nitrogens with zero attached hydrogens (tertiary/aromatic N) is 1. The van der Waals surface area contributed by atoms with E-state index in [-0.39, 0.29) is 5.41 Å². The van der Waals surface area contributed by atoms with Crippen molar-refractivity contribution in [2.24, 2.45) is 5.41 Å². The molecule has 0 spiro atoms. The minimum Gasteiger partial charge on any atom is -0.489 e. The van der Waals surface area contributed by atoms with Crippen molar-refractivity contribution in [3.05, 3.63) is 76.9 Å². The maximum Gasteiger partial charge on any atom is 0.120 e. The molecule has 0 bridgehead atoms. The maximum atomic E-state index is 6.04. The number of likely N-dealkylation sites (N-methyl/N-ethyl adjacent to an activating group) is 1. The van der Waals surface area contributed by atoms with Crippen LogP contribution in [0.5, 0.6) is 5.75 Å². The topological polar surface area (TPSA) is 12.5 Å². The molecule has 0 unspecified atom stereocenters. The van der Waals surface area contributed by atoms with Crippen molar-refractivity contribution >= 4 is 0 Å². The minimum absolute atomic E-state index is 0.0493. The number of hydrogen-bond acceptors (Lipinski definition) is 2. The van der Waals surface area contributed by atoms with Crippen LogP contribution in [0.3, 0.4) is 0 Å². The fraction of sp³-hybridized carbons (Fsp3) is 0.385. The summed E-state index contributed by atoms with van der Waals surface area (Å²) in [5.74, 6) is 7.25. The third-order valence-corrected chi connectivity index (χ3v) is 4.53. The van der Waals surface area contributed by atoms with Crippen molar-refractivity contribution in [2.75, 3.05) is 13.6 Å². The second kappa shape index (κ2) is 10.2. The smallest absolute Gasteiger partial charge is 0.120 e. The highest BCUT2D eigenvalue weighted by atomic mass is 16.5. The molecule has 2 heteroatoms. The third-order valence-electron chi connectivity index (χ3n) is 4.53. The predicted octanol–water partition coefficient (Wildman–Crippen LogP) is 5.92. The van der Waals surface area contributed by atoms with Crippen molar-refractivity contribution in [1.29, 1.82) is 0 Å². The quantitative estimate of drug-likeness (QED) is 0.557. The first-order chi connectivity index (χ1) is 13.2. The molecule has 0 N–H and O–H groups in total. The van der Waals surface area contributed by atoms with Gasteiger partial charge in [0, 0.05) is 18.5 Å². The zero-order valence-electron chi connectivity index (χ0n) is 18.2. The van der Waals surface area contributed by atoms with E-state index < -0.39 is 0 Å². The molecule has 0 saturated carbocycles. The Kier molecular flexibility index (Phi) is 7.91. The van der Waals surface area contributed by atoms with Crippen molar-refractivity contribution in [3.8, 4) is 17.6 Å². The van der Waals surface area contributed by atoms with Crippen molar-refractivity contribution in [1.82, 2.24) is 4.90 Å². The van der Waals surface area contributed by atoms with E-state index in [1.54, 1.807) is 0 Å². The predicted molar refractivity (Wildman–Crippen MR) is 119 cm³/mol. The SMILES string of the molecule is Cc1cccc(COc2cccc(CN(C)C/C=C/C#CC(C)(C)C)c2)c1C. The Morgan fingerprint density at radius 2 is 1.82 bits per heavy atom. The average molecular weight is 376 g/mol. The molecule has 2 aromatic carbocycles. The molecule has 0 atom stereocenters. The normalized spacial score (nSPS) is 11.5. The summed E-state index contributed by atoms with van der Waals surface area (Å²) >= 11 is 0. The van der Waals surface area contributed by atoms with Crippen LogP contribution in [-0.4, -0.2) is 18.5 Å². The van der Waals surface area contributed by atoms with E-state index in [1.165, 1.54) is 22.3 Å². The van der Waals surface area contributed by atoms with Gasteiger partial charge in [0.15, 0.2) is 0 Å². The molecular weight excluding hydrogens is 342 g/mol. The summed E-state index contributed by atoms with van der Waals surface area (Å²) in [7, 11) is 2.12.